The third-order valence-corrected chi connectivity index (χ3v) is 2.27. The third-order valence-electron chi connectivity index (χ3n) is 2.27. The molecule has 2 nitrogen and oxygen atoms in total. The Hall–Kier alpha value is -0.0800. The molecule has 0 aromatic rings. The second-order valence-corrected chi connectivity index (χ2v) is 3.35. The van der Waals surface area contributed by atoms with E-state index in [1.165, 1.54) is 45.3 Å². The van der Waals surface area contributed by atoms with Crippen LogP contribution in [0.15, 0.2) is 0 Å². The van der Waals surface area contributed by atoms with Crippen molar-refractivity contribution in [2.45, 2.75) is 52.5 Å². The minimum atomic E-state index is 0.756. The van der Waals surface area contributed by atoms with Crippen molar-refractivity contribution in [3.63, 3.8) is 0 Å². The average Bonchev–Trinajstić information content (AvgIpc) is 2.68. The minimum absolute atomic E-state index is 0.756. The summed E-state index contributed by atoms with van der Waals surface area (Å²) in [7, 11) is 0. The summed E-state index contributed by atoms with van der Waals surface area (Å²) in [4.78, 5) is 0. The van der Waals surface area contributed by atoms with Gasteiger partial charge in [0.1, 0.15) is 0 Å². The van der Waals surface area contributed by atoms with Crippen LogP contribution in [0.4, 0.5) is 0 Å². The van der Waals surface area contributed by atoms with Crippen LogP contribution < -0.4 is 10.6 Å². The Morgan fingerprint density at radius 2 is 2.08 bits per heavy atom. The zero-order chi connectivity index (χ0) is 9.94. The van der Waals surface area contributed by atoms with E-state index >= 15 is 0 Å². The van der Waals surface area contributed by atoms with Crippen molar-refractivity contribution in [3.8, 4) is 0 Å². The number of hydrogen-bond donors (Lipinski definition) is 2. The van der Waals surface area contributed by atoms with E-state index in [0.29, 0.717) is 0 Å². The number of rotatable bonds is 5. The van der Waals surface area contributed by atoms with Gasteiger partial charge in [0.25, 0.3) is 0 Å². The van der Waals surface area contributed by atoms with Crippen molar-refractivity contribution in [2.75, 3.05) is 19.6 Å². The quantitative estimate of drug-likeness (QED) is 0.643. The van der Waals surface area contributed by atoms with Gasteiger partial charge in [0.15, 0.2) is 0 Å². The highest BCUT2D eigenvalue weighted by Crippen LogP contribution is 1.98. The lowest BCUT2D eigenvalue weighted by Gasteiger charge is -2.09. The predicted molar refractivity (Wildman–Crippen MR) is 60.2 cm³/mol. The lowest BCUT2D eigenvalue weighted by Crippen LogP contribution is -2.31. The number of nitrogens with one attached hydrogen (secondary N) is 2. The average molecular weight is 186 g/mol. The van der Waals surface area contributed by atoms with Crippen LogP contribution in [0.25, 0.3) is 0 Å². The summed E-state index contributed by atoms with van der Waals surface area (Å²) in [5, 5.41) is 6.90. The minimum Gasteiger partial charge on any atom is -0.315 e. The molecule has 1 aliphatic heterocycles. The maximum Gasteiger partial charge on any atom is 0.0204 e. The standard InChI is InChI=1S/C9H20N2.C2H6/c1-2-3-4-6-11-9-5-7-10-8-9;1-2/h9-11H,2-8H2,1H3;1-2H3. The van der Waals surface area contributed by atoms with Gasteiger partial charge in [-0.1, -0.05) is 33.6 Å². The molecule has 0 amide bonds. The van der Waals surface area contributed by atoms with Crippen LogP contribution in [0.1, 0.15) is 46.5 Å². The molecule has 1 aliphatic rings. The summed E-state index contributed by atoms with van der Waals surface area (Å²) in [6, 6.07) is 0.756. The van der Waals surface area contributed by atoms with Crippen LogP contribution >= 0.6 is 0 Å². The zero-order valence-electron chi connectivity index (χ0n) is 9.53. The molecule has 1 rings (SSSR count). The van der Waals surface area contributed by atoms with Crippen LogP contribution in [0.5, 0.6) is 0 Å². The molecule has 0 aromatic carbocycles. The SMILES string of the molecule is CC.CCCCCNC1CCNC1. The molecule has 13 heavy (non-hydrogen) atoms. The third kappa shape index (κ3) is 7.03. The van der Waals surface area contributed by atoms with Crippen LogP contribution in [-0.2, 0) is 0 Å². The molecule has 2 N–H and O–H groups in total. The van der Waals surface area contributed by atoms with Crippen molar-refractivity contribution in [2.24, 2.45) is 0 Å². The Balaban J connectivity index is 0.000000671. The second-order valence-electron chi connectivity index (χ2n) is 3.35. The lowest BCUT2D eigenvalue weighted by molar-refractivity contribution is 0.524. The topological polar surface area (TPSA) is 24.1 Å². The Kier molecular flexibility index (Phi) is 9.94. The van der Waals surface area contributed by atoms with Gasteiger partial charge in [-0.15, -0.1) is 0 Å². The van der Waals surface area contributed by atoms with Gasteiger partial charge >= 0.3 is 0 Å². The maximum absolute atomic E-state index is 3.55. The fraction of sp³-hybridized carbons (Fsp3) is 1.00. The van der Waals surface area contributed by atoms with Crippen LogP contribution in [0.2, 0.25) is 0 Å². The highest BCUT2D eigenvalue weighted by molar-refractivity contribution is 4.76. The number of unbranched alkanes of at least 4 members (excludes halogenated alkanes) is 2. The van der Waals surface area contributed by atoms with E-state index in [0.717, 1.165) is 6.04 Å². The van der Waals surface area contributed by atoms with Gasteiger partial charge in [-0.25, -0.2) is 0 Å². The second kappa shape index (κ2) is 10.0. The van der Waals surface area contributed by atoms with Gasteiger partial charge in [0.05, 0.1) is 0 Å². The molecule has 80 valence electrons. The fourth-order valence-electron chi connectivity index (χ4n) is 1.51. The molecule has 0 spiro atoms. The smallest absolute Gasteiger partial charge is 0.0204 e. The van der Waals surface area contributed by atoms with Gasteiger partial charge < -0.3 is 10.6 Å². The monoisotopic (exact) mass is 186 g/mol. The van der Waals surface area contributed by atoms with Gasteiger partial charge in [0, 0.05) is 12.6 Å². The van der Waals surface area contributed by atoms with Crippen molar-refractivity contribution in [1.82, 2.24) is 10.6 Å². The molecule has 0 saturated carbocycles. The normalized spacial score (nSPS) is 21.0. The van der Waals surface area contributed by atoms with Gasteiger partial charge in [0.2, 0.25) is 0 Å². The first-order valence-corrected chi connectivity index (χ1v) is 5.87. The molecule has 0 aliphatic carbocycles. The van der Waals surface area contributed by atoms with E-state index in [2.05, 4.69) is 17.6 Å². The molecule has 0 bridgehead atoms. The first-order valence-electron chi connectivity index (χ1n) is 5.87. The first kappa shape index (κ1) is 12.9. The zero-order valence-corrected chi connectivity index (χ0v) is 9.53. The molecular formula is C11H26N2. The van der Waals surface area contributed by atoms with Crippen molar-refractivity contribution < 1.29 is 0 Å². The van der Waals surface area contributed by atoms with Crippen LogP contribution in [0.3, 0.4) is 0 Å². The van der Waals surface area contributed by atoms with E-state index in [4.69, 9.17) is 0 Å². The molecule has 1 heterocycles. The maximum atomic E-state index is 3.55. The molecule has 0 aromatic heterocycles. The molecule has 1 unspecified atom stereocenters. The largest absolute Gasteiger partial charge is 0.315 e. The number of hydrogen-bond acceptors (Lipinski definition) is 2. The molecule has 2 heteroatoms. The summed E-state index contributed by atoms with van der Waals surface area (Å²) in [6.07, 6.45) is 5.34. The van der Waals surface area contributed by atoms with Gasteiger partial charge in [-0.3, -0.25) is 0 Å². The highest BCUT2D eigenvalue weighted by atomic mass is 15.0. The molecule has 0 radical (unpaired) electrons. The predicted octanol–water partition coefficient (Wildman–Crippen LogP) is 2.15. The Morgan fingerprint density at radius 1 is 1.31 bits per heavy atom. The summed E-state index contributed by atoms with van der Waals surface area (Å²) < 4.78 is 0. The first-order chi connectivity index (χ1) is 6.43. The van der Waals surface area contributed by atoms with E-state index < -0.39 is 0 Å². The Morgan fingerprint density at radius 3 is 2.62 bits per heavy atom. The van der Waals surface area contributed by atoms with E-state index in [1.807, 2.05) is 13.8 Å². The van der Waals surface area contributed by atoms with E-state index in [9.17, 15) is 0 Å². The van der Waals surface area contributed by atoms with E-state index in [1.54, 1.807) is 0 Å². The highest BCUT2D eigenvalue weighted by Gasteiger charge is 2.11. The summed E-state index contributed by atoms with van der Waals surface area (Å²) in [6.45, 7) is 9.83. The summed E-state index contributed by atoms with van der Waals surface area (Å²) in [5.74, 6) is 0. The van der Waals surface area contributed by atoms with Gasteiger partial charge in [-0.05, 0) is 25.9 Å². The molecule has 1 saturated heterocycles. The molecule has 1 fully saturated rings. The summed E-state index contributed by atoms with van der Waals surface area (Å²) >= 11 is 0. The van der Waals surface area contributed by atoms with Gasteiger partial charge in [-0.2, -0.15) is 0 Å². The summed E-state index contributed by atoms with van der Waals surface area (Å²) in [5.41, 5.74) is 0. The Bertz CT molecular complexity index is 88.1. The molecule has 1 atom stereocenters. The molecular weight excluding hydrogens is 160 g/mol. The Labute approximate surface area is 83.5 Å². The van der Waals surface area contributed by atoms with Crippen LogP contribution in [0, 0.1) is 0 Å². The van der Waals surface area contributed by atoms with Crippen molar-refractivity contribution in [3.05, 3.63) is 0 Å². The van der Waals surface area contributed by atoms with Crippen LogP contribution in [-0.4, -0.2) is 25.7 Å². The van der Waals surface area contributed by atoms with Crippen molar-refractivity contribution >= 4 is 0 Å². The fourth-order valence-corrected chi connectivity index (χ4v) is 1.51. The van der Waals surface area contributed by atoms with Crippen molar-refractivity contribution in [1.29, 1.82) is 0 Å². The van der Waals surface area contributed by atoms with E-state index in [-0.39, 0.29) is 0 Å². The lowest BCUT2D eigenvalue weighted by atomic mass is 10.2.